The Hall–Kier alpha value is -0.770. The van der Waals surface area contributed by atoms with Gasteiger partial charge in [-0.05, 0) is 19.1 Å². The summed E-state index contributed by atoms with van der Waals surface area (Å²) in [6.45, 7) is 1.83. The molecule has 1 aromatic carbocycles. The van der Waals surface area contributed by atoms with Gasteiger partial charge in [0.05, 0.1) is 21.9 Å². The molecule has 0 spiro atoms. The molecule has 0 saturated carbocycles. The van der Waals surface area contributed by atoms with Crippen molar-refractivity contribution in [2.75, 3.05) is 0 Å². The van der Waals surface area contributed by atoms with Crippen molar-refractivity contribution >= 4 is 34.8 Å². The van der Waals surface area contributed by atoms with Crippen molar-refractivity contribution in [3.05, 3.63) is 39.1 Å². The highest BCUT2D eigenvalue weighted by Gasteiger charge is 2.11. The Morgan fingerprint density at radius 3 is 2.20 bits per heavy atom. The van der Waals surface area contributed by atoms with E-state index in [1.54, 1.807) is 18.3 Å². The molecule has 0 radical (unpaired) electrons. The maximum Gasteiger partial charge on any atom is 0.104 e. The van der Waals surface area contributed by atoms with Gasteiger partial charge in [0.25, 0.3) is 0 Å². The van der Waals surface area contributed by atoms with Crippen LogP contribution in [0.5, 0.6) is 0 Å². The molecule has 1 aromatic heterocycles. The van der Waals surface area contributed by atoms with E-state index in [2.05, 4.69) is 10.3 Å². The van der Waals surface area contributed by atoms with Gasteiger partial charge >= 0.3 is 0 Å². The molecule has 2 aromatic rings. The molecule has 3 nitrogen and oxygen atoms in total. The van der Waals surface area contributed by atoms with Crippen molar-refractivity contribution in [1.29, 1.82) is 0 Å². The number of hydrogen-bond donors (Lipinski definition) is 0. The summed E-state index contributed by atoms with van der Waals surface area (Å²) >= 11 is 17.8. The molecular formula is C9H6Cl3N3. The predicted molar refractivity (Wildman–Crippen MR) is 61.1 cm³/mol. The third kappa shape index (κ3) is 2.09. The highest BCUT2D eigenvalue weighted by molar-refractivity contribution is 6.40. The molecule has 0 atom stereocenters. The highest BCUT2D eigenvalue weighted by atomic mass is 35.5. The first-order valence-corrected chi connectivity index (χ1v) is 5.25. The zero-order chi connectivity index (χ0) is 11.0. The number of aryl methyl sites for hydroxylation is 1. The van der Waals surface area contributed by atoms with Crippen LogP contribution in [0.15, 0.2) is 18.3 Å². The molecule has 78 valence electrons. The van der Waals surface area contributed by atoms with Crippen molar-refractivity contribution in [2.24, 2.45) is 0 Å². The second-order valence-electron chi connectivity index (χ2n) is 3.02. The van der Waals surface area contributed by atoms with Gasteiger partial charge in [-0.3, -0.25) is 0 Å². The molecule has 0 amide bonds. The van der Waals surface area contributed by atoms with Crippen molar-refractivity contribution in [1.82, 2.24) is 15.0 Å². The molecule has 0 fully saturated rings. The lowest BCUT2D eigenvalue weighted by molar-refractivity contribution is 0.801. The molecule has 0 saturated heterocycles. The summed E-state index contributed by atoms with van der Waals surface area (Å²) in [5.74, 6) is 0. The van der Waals surface area contributed by atoms with Crippen molar-refractivity contribution in [3.8, 4) is 5.69 Å². The molecule has 0 N–H and O–H groups in total. The lowest BCUT2D eigenvalue weighted by atomic mass is 10.3. The average molecular weight is 263 g/mol. The highest BCUT2D eigenvalue weighted by Crippen LogP contribution is 2.31. The summed E-state index contributed by atoms with van der Waals surface area (Å²) in [5.41, 5.74) is 1.38. The molecule has 15 heavy (non-hydrogen) atoms. The van der Waals surface area contributed by atoms with E-state index in [0.717, 1.165) is 5.69 Å². The van der Waals surface area contributed by atoms with Crippen LogP contribution in [0.4, 0.5) is 0 Å². The number of rotatable bonds is 1. The molecule has 0 aliphatic rings. The fraction of sp³-hybridized carbons (Fsp3) is 0.111. The van der Waals surface area contributed by atoms with Crippen LogP contribution in [-0.4, -0.2) is 15.0 Å². The summed E-state index contributed by atoms with van der Waals surface area (Å²) in [5, 5.41) is 9.13. The predicted octanol–water partition coefficient (Wildman–Crippen LogP) is 3.54. The maximum absolute atomic E-state index is 6.02. The molecule has 6 heteroatoms. The summed E-state index contributed by atoms with van der Waals surface area (Å²) in [7, 11) is 0. The number of hydrogen-bond acceptors (Lipinski definition) is 2. The van der Waals surface area contributed by atoms with E-state index in [1.807, 2.05) is 6.92 Å². The second-order valence-corrected chi connectivity index (χ2v) is 4.27. The van der Waals surface area contributed by atoms with Gasteiger partial charge in [0.1, 0.15) is 5.69 Å². The van der Waals surface area contributed by atoms with Gasteiger partial charge in [0.15, 0.2) is 0 Å². The van der Waals surface area contributed by atoms with Gasteiger partial charge in [-0.15, -0.1) is 5.10 Å². The lowest BCUT2D eigenvalue weighted by Crippen LogP contribution is -1.97. The summed E-state index contributed by atoms with van der Waals surface area (Å²) in [6, 6.07) is 3.22. The summed E-state index contributed by atoms with van der Waals surface area (Å²) in [6.07, 6.45) is 1.74. The van der Waals surface area contributed by atoms with E-state index in [4.69, 9.17) is 34.8 Å². The van der Waals surface area contributed by atoms with Crippen molar-refractivity contribution in [3.63, 3.8) is 0 Å². The zero-order valence-electron chi connectivity index (χ0n) is 7.71. The van der Waals surface area contributed by atoms with Crippen LogP contribution in [0, 0.1) is 6.92 Å². The van der Waals surface area contributed by atoms with Gasteiger partial charge in [0.2, 0.25) is 0 Å². The molecule has 0 bridgehead atoms. The van der Waals surface area contributed by atoms with Crippen LogP contribution in [0.3, 0.4) is 0 Å². The molecule has 2 rings (SSSR count). The first-order valence-electron chi connectivity index (χ1n) is 4.12. The fourth-order valence-electron chi connectivity index (χ4n) is 1.21. The topological polar surface area (TPSA) is 30.7 Å². The number of benzene rings is 1. The molecule has 0 aliphatic heterocycles. The SMILES string of the molecule is Cc1cn(-c2c(Cl)cc(Cl)cc2Cl)nn1. The molecule has 1 heterocycles. The standard InChI is InChI=1S/C9H6Cl3N3/c1-5-4-15(14-13-5)9-7(11)2-6(10)3-8(9)12/h2-4H,1H3. The Kier molecular flexibility index (Phi) is 2.87. The minimum atomic E-state index is 0.442. The van der Waals surface area contributed by atoms with Gasteiger partial charge in [-0.1, -0.05) is 40.0 Å². The minimum absolute atomic E-state index is 0.442. The van der Waals surface area contributed by atoms with E-state index in [-0.39, 0.29) is 0 Å². The summed E-state index contributed by atoms with van der Waals surface area (Å²) in [4.78, 5) is 0. The lowest BCUT2D eigenvalue weighted by Gasteiger charge is -2.06. The molecule has 0 aliphatic carbocycles. The fourth-order valence-corrected chi connectivity index (χ4v) is 2.20. The van der Waals surface area contributed by atoms with Gasteiger partial charge in [0, 0.05) is 5.02 Å². The van der Waals surface area contributed by atoms with Crippen LogP contribution < -0.4 is 0 Å². The van der Waals surface area contributed by atoms with Crippen molar-refractivity contribution in [2.45, 2.75) is 6.92 Å². The smallest absolute Gasteiger partial charge is 0.104 e. The van der Waals surface area contributed by atoms with Crippen LogP contribution in [0.2, 0.25) is 15.1 Å². The Balaban J connectivity index is 2.62. The monoisotopic (exact) mass is 261 g/mol. The van der Waals surface area contributed by atoms with E-state index < -0.39 is 0 Å². The van der Waals surface area contributed by atoms with E-state index in [1.165, 1.54) is 4.68 Å². The van der Waals surface area contributed by atoms with E-state index >= 15 is 0 Å². The third-order valence-corrected chi connectivity index (χ3v) is 2.61. The maximum atomic E-state index is 6.02. The van der Waals surface area contributed by atoms with Gasteiger partial charge in [-0.2, -0.15) is 0 Å². The second kappa shape index (κ2) is 4.00. The quantitative estimate of drug-likeness (QED) is 0.787. The minimum Gasteiger partial charge on any atom is -0.217 e. The van der Waals surface area contributed by atoms with Crippen LogP contribution in [0.1, 0.15) is 5.69 Å². The Labute approximate surface area is 102 Å². The Bertz CT molecular complexity index is 484. The van der Waals surface area contributed by atoms with Gasteiger partial charge in [-0.25, -0.2) is 4.68 Å². The zero-order valence-corrected chi connectivity index (χ0v) is 9.98. The Morgan fingerprint density at radius 1 is 1.13 bits per heavy atom. The van der Waals surface area contributed by atoms with E-state index in [9.17, 15) is 0 Å². The van der Waals surface area contributed by atoms with Crippen LogP contribution >= 0.6 is 34.8 Å². The number of nitrogens with zero attached hydrogens (tertiary/aromatic N) is 3. The number of aromatic nitrogens is 3. The van der Waals surface area contributed by atoms with Crippen LogP contribution in [0.25, 0.3) is 5.69 Å². The van der Waals surface area contributed by atoms with Gasteiger partial charge < -0.3 is 0 Å². The third-order valence-electron chi connectivity index (χ3n) is 1.82. The first kappa shape index (κ1) is 10.7. The molecular weight excluding hydrogens is 256 g/mol. The average Bonchev–Trinajstić information content (AvgIpc) is 2.49. The van der Waals surface area contributed by atoms with E-state index in [0.29, 0.717) is 20.8 Å². The van der Waals surface area contributed by atoms with Crippen molar-refractivity contribution < 1.29 is 0 Å². The number of halogens is 3. The largest absolute Gasteiger partial charge is 0.217 e. The van der Waals surface area contributed by atoms with Crippen LogP contribution in [-0.2, 0) is 0 Å². The molecule has 0 unspecified atom stereocenters. The summed E-state index contributed by atoms with van der Waals surface area (Å²) < 4.78 is 1.52. The normalized spacial score (nSPS) is 10.7. The first-order chi connectivity index (χ1) is 7.08. The Morgan fingerprint density at radius 2 is 1.73 bits per heavy atom.